The van der Waals surface area contributed by atoms with E-state index in [0.717, 1.165) is 36.4 Å². The van der Waals surface area contributed by atoms with Crippen molar-refractivity contribution < 1.29 is 14.7 Å². The first-order valence-corrected chi connectivity index (χ1v) is 11.6. The third kappa shape index (κ3) is 4.72. The molecule has 0 bridgehead atoms. The highest BCUT2D eigenvalue weighted by atomic mass is 16.3. The number of nitrogens with zero attached hydrogens (tertiary/aromatic N) is 1. The molecule has 0 aliphatic carbocycles. The number of carbonyl (C=O) groups excluding carboxylic acids is 2. The molecule has 3 aromatic rings. The van der Waals surface area contributed by atoms with Gasteiger partial charge in [0, 0.05) is 29.6 Å². The molecular formula is C28H27N3O3. The third-order valence-corrected chi connectivity index (χ3v) is 6.42. The number of benzene rings is 3. The zero-order valence-corrected chi connectivity index (χ0v) is 18.9. The summed E-state index contributed by atoms with van der Waals surface area (Å²) >= 11 is 0. The summed E-state index contributed by atoms with van der Waals surface area (Å²) in [4.78, 5) is 27.6. The number of rotatable bonds is 5. The van der Waals surface area contributed by atoms with Crippen LogP contribution < -0.4 is 10.6 Å². The summed E-state index contributed by atoms with van der Waals surface area (Å²) in [6.07, 6.45) is 5.52. The Hall–Kier alpha value is -3.90. The van der Waals surface area contributed by atoms with Gasteiger partial charge in [0.1, 0.15) is 5.75 Å². The average molecular weight is 454 g/mol. The number of anilines is 1. The van der Waals surface area contributed by atoms with Gasteiger partial charge >= 0.3 is 0 Å². The molecule has 6 heteroatoms. The molecule has 2 heterocycles. The van der Waals surface area contributed by atoms with Gasteiger partial charge in [-0.3, -0.25) is 19.8 Å². The Morgan fingerprint density at radius 2 is 1.53 bits per heavy atom. The van der Waals surface area contributed by atoms with E-state index in [2.05, 4.69) is 27.7 Å². The zero-order chi connectivity index (χ0) is 23.5. The number of imide groups is 1. The largest absolute Gasteiger partial charge is 0.508 e. The van der Waals surface area contributed by atoms with Crippen LogP contribution in [0.4, 0.5) is 5.69 Å². The first kappa shape index (κ1) is 21.9. The van der Waals surface area contributed by atoms with Crippen molar-refractivity contribution >= 4 is 23.1 Å². The number of nitrogens with one attached hydrogen (secondary N) is 2. The summed E-state index contributed by atoms with van der Waals surface area (Å²) in [5.74, 6) is -0.658. The fourth-order valence-electron chi connectivity index (χ4n) is 4.54. The molecule has 172 valence electrons. The molecule has 0 radical (unpaired) electrons. The lowest BCUT2D eigenvalue weighted by molar-refractivity contribution is -0.114. The molecule has 0 aromatic heterocycles. The van der Waals surface area contributed by atoms with Crippen LogP contribution in [0.2, 0.25) is 0 Å². The highest BCUT2D eigenvalue weighted by Gasteiger charge is 2.27. The lowest BCUT2D eigenvalue weighted by Crippen LogP contribution is -2.36. The number of fused-ring (bicyclic) bond motifs is 1. The van der Waals surface area contributed by atoms with E-state index in [-0.39, 0.29) is 5.75 Å². The number of hydrogen-bond donors (Lipinski definition) is 3. The monoisotopic (exact) mass is 453 g/mol. The number of phenolic OH excluding ortho intramolecular Hbond substituents is 1. The van der Waals surface area contributed by atoms with Crippen LogP contribution in [0.5, 0.6) is 5.75 Å². The second kappa shape index (κ2) is 9.53. The molecule has 0 unspecified atom stereocenters. The molecule has 2 aliphatic heterocycles. The van der Waals surface area contributed by atoms with E-state index < -0.39 is 11.8 Å². The standard InChI is InChI=1S/C28H27N3O3/c32-23-11-6-20(7-12-23)21-8-13-24-25(16-21)26(28(34)30-27(24)33)17-29-22-9-4-19(5-10-22)18-31-14-2-1-3-15-31/h4-13,16-17,29,32H,1-3,14-15,18H2,(H,30,33,34)/b26-17-. The van der Waals surface area contributed by atoms with Gasteiger partial charge in [-0.2, -0.15) is 0 Å². The van der Waals surface area contributed by atoms with Crippen molar-refractivity contribution in [1.29, 1.82) is 0 Å². The Bertz CT molecular complexity index is 1240. The molecular weight excluding hydrogens is 426 g/mol. The van der Waals surface area contributed by atoms with Crippen LogP contribution in [0.25, 0.3) is 16.7 Å². The minimum atomic E-state index is -0.436. The number of piperidine rings is 1. The van der Waals surface area contributed by atoms with Crippen LogP contribution in [0, 0.1) is 0 Å². The van der Waals surface area contributed by atoms with Crippen molar-refractivity contribution in [1.82, 2.24) is 10.2 Å². The average Bonchev–Trinajstić information content (AvgIpc) is 2.86. The molecule has 2 aliphatic rings. The first-order chi connectivity index (χ1) is 16.6. The van der Waals surface area contributed by atoms with Crippen molar-refractivity contribution in [2.24, 2.45) is 0 Å². The van der Waals surface area contributed by atoms with E-state index in [1.165, 1.54) is 24.8 Å². The van der Waals surface area contributed by atoms with E-state index in [1.54, 1.807) is 36.5 Å². The molecule has 6 nitrogen and oxygen atoms in total. The summed E-state index contributed by atoms with van der Waals surface area (Å²) in [5.41, 5.74) is 5.30. The number of likely N-dealkylation sites (tertiary alicyclic amines) is 1. The van der Waals surface area contributed by atoms with E-state index in [9.17, 15) is 14.7 Å². The fraction of sp³-hybridized carbons (Fsp3) is 0.214. The number of hydrogen-bond acceptors (Lipinski definition) is 5. The zero-order valence-electron chi connectivity index (χ0n) is 18.9. The van der Waals surface area contributed by atoms with Crippen molar-refractivity contribution in [3.8, 4) is 16.9 Å². The number of carbonyl (C=O) groups is 2. The van der Waals surface area contributed by atoms with E-state index in [4.69, 9.17) is 0 Å². The molecule has 1 fully saturated rings. The summed E-state index contributed by atoms with van der Waals surface area (Å²) in [5, 5.41) is 15.2. The van der Waals surface area contributed by atoms with E-state index >= 15 is 0 Å². The minimum absolute atomic E-state index is 0.183. The van der Waals surface area contributed by atoms with Gasteiger partial charge in [0.25, 0.3) is 11.8 Å². The quantitative estimate of drug-likeness (QED) is 0.383. The highest BCUT2D eigenvalue weighted by molar-refractivity contribution is 6.31. The van der Waals surface area contributed by atoms with Gasteiger partial charge in [0.05, 0.1) is 5.57 Å². The smallest absolute Gasteiger partial charge is 0.260 e. The van der Waals surface area contributed by atoms with Crippen LogP contribution in [-0.4, -0.2) is 34.9 Å². The molecule has 3 N–H and O–H groups in total. The predicted molar refractivity (Wildman–Crippen MR) is 133 cm³/mol. The Morgan fingerprint density at radius 3 is 2.26 bits per heavy atom. The Morgan fingerprint density at radius 1 is 0.824 bits per heavy atom. The number of amides is 2. The Kier molecular flexibility index (Phi) is 6.14. The highest BCUT2D eigenvalue weighted by Crippen LogP contribution is 2.30. The maximum absolute atomic E-state index is 12.7. The van der Waals surface area contributed by atoms with Crippen molar-refractivity contribution in [3.05, 3.63) is 89.6 Å². The normalized spacial score (nSPS) is 17.4. The molecule has 0 atom stereocenters. The van der Waals surface area contributed by atoms with Gasteiger partial charge < -0.3 is 10.4 Å². The molecule has 0 saturated carbocycles. The number of aromatic hydroxyl groups is 1. The van der Waals surface area contributed by atoms with E-state index in [0.29, 0.717) is 16.7 Å². The van der Waals surface area contributed by atoms with Gasteiger partial charge in [-0.15, -0.1) is 0 Å². The topological polar surface area (TPSA) is 81.7 Å². The minimum Gasteiger partial charge on any atom is -0.508 e. The maximum atomic E-state index is 12.7. The number of phenols is 1. The molecule has 5 rings (SSSR count). The Balaban J connectivity index is 1.38. The summed E-state index contributed by atoms with van der Waals surface area (Å²) in [6, 6.07) is 20.5. The van der Waals surface area contributed by atoms with Gasteiger partial charge in [-0.25, -0.2) is 0 Å². The second-order valence-corrected chi connectivity index (χ2v) is 8.83. The van der Waals surface area contributed by atoms with Crippen LogP contribution in [0.3, 0.4) is 0 Å². The molecule has 3 aromatic carbocycles. The third-order valence-electron chi connectivity index (χ3n) is 6.42. The van der Waals surface area contributed by atoms with Crippen molar-refractivity contribution in [3.63, 3.8) is 0 Å². The van der Waals surface area contributed by atoms with Crippen LogP contribution in [0.15, 0.2) is 72.9 Å². The fourth-order valence-corrected chi connectivity index (χ4v) is 4.54. The first-order valence-electron chi connectivity index (χ1n) is 11.6. The SMILES string of the molecule is O=C1NC(=O)c2ccc(-c3ccc(O)cc3)cc2/C1=C/Nc1ccc(CN2CCCCC2)cc1. The second-order valence-electron chi connectivity index (χ2n) is 8.83. The van der Waals surface area contributed by atoms with Gasteiger partial charge in [-0.1, -0.05) is 36.8 Å². The Labute approximate surface area is 198 Å². The molecule has 1 saturated heterocycles. The van der Waals surface area contributed by atoms with Crippen LogP contribution >= 0.6 is 0 Å². The van der Waals surface area contributed by atoms with Gasteiger partial charge in [0.15, 0.2) is 0 Å². The summed E-state index contributed by atoms with van der Waals surface area (Å²) in [6.45, 7) is 3.27. The summed E-state index contributed by atoms with van der Waals surface area (Å²) < 4.78 is 0. The van der Waals surface area contributed by atoms with Gasteiger partial charge in [0.2, 0.25) is 0 Å². The molecule has 0 spiro atoms. The molecule has 34 heavy (non-hydrogen) atoms. The lowest BCUT2D eigenvalue weighted by Gasteiger charge is -2.26. The van der Waals surface area contributed by atoms with Crippen molar-refractivity contribution in [2.75, 3.05) is 18.4 Å². The van der Waals surface area contributed by atoms with Gasteiger partial charge in [-0.05, 0) is 79.0 Å². The lowest BCUT2D eigenvalue weighted by atomic mass is 9.91. The molecule has 2 amide bonds. The van der Waals surface area contributed by atoms with E-state index in [1.807, 2.05) is 24.3 Å². The van der Waals surface area contributed by atoms with Crippen LogP contribution in [-0.2, 0) is 11.3 Å². The van der Waals surface area contributed by atoms with Crippen LogP contribution in [0.1, 0.15) is 40.7 Å². The summed E-state index contributed by atoms with van der Waals surface area (Å²) in [7, 11) is 0. The maximum Gasteiger partial charge on any atom is 0.260 e. The predicted octanol–water partition coefficient (Wildman–Crippen LogP) is 4.77. The van der Waals surface area contributed by atoms with Crippen molar-refractivity contribution in [2.45, 2.75) is 25.8 Å².